The molecule has 0 aliphatic rings. The maximum absolute atomic E-state index is 11.6. The molecular weight excluding hydrogens is 490 g/mol. The van der Waals surface area contributed by atoms with Gasteiger partial charge in [-0.1, -0.05) is 48.5 Å². The number of aromatic hydroxyl groups is 2. The van der Waals surface area contributed by atoms with Crippen molar-refractivity contribution >= 4 is 45.4 Å². The zero-order valence-electron chi connectivity index (χ0n) is 20.6. The minimum absolute atomic E-state index is 0.0407. The number of hydrogen-bond acceptors (Lipinski definition) is 5. The average molecular weight is 518 g/mol. The Morgan fingerprint density at radius 1 is 0.816 bits per heavy atom. The lowest BCUT2D eigenvalue weighted by Gasteiger charge is -2.16. The number of carboxylic acids is 2. The summed E-state index contributed by atoms with van der Waals surface area (Å²) < 4.78 is 0. The van der Waals surface area contributed by atoms with Gasteiger partial charge in [-0.15, -0.1) is 0 Å². The Kier molecular flexibility index (Phi) is 8.01. The molecule has 0 amide bonds. The number of aromatic carboxylic acids is 2. The molecule has 4 aromatic rings. The summed E-state index contributed by atoms with van der Waals surface area (Å²) in [4.78, 5) is 28.2. The molecule has 0 fully saturated rings. The number of aliphatic imine (C=N–C) groups is 1. The van der Waals surface area contributed by atoms with Crippen LogP contribution in [0.5, 0.6) is 11.5 Å². The molecule has 11 nitrogen and oxygen atoms in total. The van der Waals surface area contributed by atoms with Gasteiger partial charge < -0.3 is 36.8 Å². The Morgan fingerprint density at radius 2 is 1.21 bits per heavy atom. The van der Waals surface area contributed by atoms with Crippen molar-refractivity contribution in [2.75, 3.05) is 14.1 Å². The van der Waals surface area contributed by atoms with Crippen molar-refractivity contribution in [2.45, 2.75) is 6.42 Å². The number of nitrogens with zero attached hydrogens (tertiary/aromatic N) is 2. The molecule has 0 heterocycles. The first-order valence-electron chi connectivity index (χ1n) is 11.2. The SMILES string of the molecule is CN(C)C(N)=NC(=N)N.O=C(O)c1cc2ccccc2c(Cc2c(O)c(C(=O)O)cc3ccccc23)c1O. The number of hydrogen-bond donors (Lipinski definition) is 7. The van der Waals surface area contributed by atoms with Crippen molar-refractivity contribution in [2.24, 2.45) is 16.5 Å². The van der Waals surface area contributed by atoms with Crippen molar-refractivity contribution in [1.82, 2.24) is 4.90 Å². The predicted octanol–water partition coefficient (Wildman–Crippen LogP) is 3.15. The third-order valence-electron chi connectivity index (χ3n) is 5.76. The van der Waals surface area contributed by atoms with E-state index in [1.165, 1.54) is 12.1 Å². The van der Waals surface area contributed by atoms with Gasteiger partial charge in [0.25, 0.3) is 0 Å². The van der Waals surface area contributed by atoms with E-state index in [1.54, 1.807) is 67.5 Å². The second-order valence-electron chi connectivity index (χ2n) is 8.48. The molecule has 4 aromatic carbocycles. The van der Waals surface area contributed by atoms with Gasteiger partial charge in [0.2, 0.25) is 5.96 Å². The van der Waals surface area contributed by atoms with Crippen LogP contribution in [-0.2, 0) is 6.42 Å². The first kappa shape index (κ1) is 27.3. The third kappa shape index (κ3) is 5.73. The summed E-state index contributed by atoms with van der Waals surface area (Å²) in [5, 5.41) is 49.5. The maximum Gasteiger partial charge on any atom is 0.339 e. The van der Waals surface area contributed by atoms with Crippen LogP contribution in [0, 0.1) is 5.41 Å². The number of carboxylic acid groups (broad SMARTS) is 2. The molecule has 0 unspecified atom stereocenters. The highest BCUT2D eigenvalue weighted by Crippen LogP contribution is 2.38. The summed E-state index contributed by atoms with van der Waals surface area (Å²) >= 11 is 0. The molecule has 0 spiro atoms. The van der Waals surface area contributed by atoms with Crippen LogP contribution in [0.2, 0.25) is 0 Å². The van der Waals surface area contributed by atoms with Gasteiger partial charge in [0, 0.05) is 31.6 Å². The van der Waals surface area contributed by atoms with Crippen molar-refractivity contribution in [3.63, 3.8) is 0 Å². The number of carbonyl (C=O) groups is 2. The van der Waals surface area contributed by atoms with E-state index in [0.717, 1.165) is 0 Å². The minimum atomic E-state index is -1.28. The highest BCUT2D eigenvalue weighted by Gasteiger charge is 2.22. The van der Waals surface area contributed by atoms with E-state index in [4.69, 9.17) is 16.9 Å². The molecule has 0 saturated heterocycles. The van der Waals surface area contributed by atoms with Crippen LogP contribution in [0.1, 0.15) is 31.8 Å². The van der Waals surface area contributed by atoms with E-state index in [9.17, 15) is 30.0 Å². The Labute approximate surface area is 217 Å². The Hall–Kier alpha value is -5.32. The van der Waals surface area contributed by atoms with E-state index in [2.05, 4.69) is 4.99 Å². The topological polar surface area (TPSA) is 207 Å². The van der Waals surface area contributed by atoms with Crippen LogP contribution in [-0.4, -0.2) is 63.3 Å². The Balaban J connectivity index is 0.000000383. The number of nitrogens with two attached hydrogens (primary N) is 2. The van der Waals surface area contributed by atoms with Gasteiger partial charge in [-0.2, -0.15) is 4.99 Å². The van der Waals surface area contributed by atoms with Crippen molar-refractivity contribution in [3.8, 4) is 11.5 Å². The van der Waals surface area contributed by atoms with Gasteiger partial charge in [0.15, 0.2) is 5.96 Å². The first-order valence-corrected chi connectivity index (χ1v) is 11.2. The van der Waals surface area contributed by atoms with Crippen molar-refractivity contribution in [1.29, 1.82) is 5.41 Å². The summed E-state index contributed by atoms with van der Waals surface area (Å²) in [6, 6.07) is 16.8. The van der Waals surface area contributed by atoms with E-state index in [0.29, 0.717) is 32.7 Å². The van der Waals surface area contributed by atoms with E-state index >= 15 is 0 Å². The van der Waals surface area contributed by atoms with Crippen LogP contribution in [0.3, 0.4) is 0 Å². The van der Waals surface area contributed by atoms with Gasteiger partial charge in [-0.3, -0.25) is 5.41 Å². The lowest BCUT2D eigenvalue weighted by Crippen LogP contribution is -2.32. The molecule has 38 heavy (non-hydrogen) atoms. The van der Waals surface area contributed by atoms with Crippen LogP contribution in [0.4, 0.5) is 0 Å². The molecule has 0 saturated carbocycles. The van der Waals surface area contributed by atoms with E-state index in [1.807, 2.05) is 0 Å². The van der Waals surface area contributed by atoms with Crippen LogP contribution in [0.15, 0.2) is 65.7 Å². The summed E-state index contributed by atoms with van der Waals surface area (Å²) in [5.41, 5.74) is 10.3. The van der Waals surface area contributed by atoms with E-state index < -0.39 is 23.4 Å². The summed E-state index contributed by atoms with van der Waals surface area (Å²) in [6.07, 6.45) is -0.0407. The number of fused-ring (bicyclic) bond motifs is 2. The molecule has 9 N–H and O–H groups in total. The van der Waals surface area contributed by atoms with Crippen molar-refractivity contribution in [3.05, 3.63) is 82.9 Å². The fourth-order valence-corrected chi connectivity index (χ4v) is 3.91. The highest BCUT2D eigenvalue weighted by molar-refractivity contribution is 6.02. The molecule has 0 bridgehead atoms. The molecular formula is C27H27N5O6. The Morgan fingerprint density at radius 3 is 1.53 bits per heavy atom. The fraction of sp³-hybridized carbons (Fsp3) is 0.111. The zero-order chi connectivity index (χ0) is 28.1. The largest absolute Gasteiger partial charge is 0.507 e. The number of nitrogens with one attached hydrogen (secondary N) is 1. The highest BCUT2D eigenvalue weighted by atomic mass is 16.4. The molecule has 11 heteroatoms. The fourth-order valence-electron chi connectivity index (χ4n) is 3.91. The second kappa shape index (κ2) is 11.2. The van der Waals surface area contributed by atoms with Gasteiger partial charge in [0.1, 0.15) is 22.6 Å². The van der Waals surface area contributed by atoms with E-state index in [-0.39, 0.29) is 29.5 Å². The minimum Gasteiger partial charge on any atom is -0.507 e. The van der Waals surface area contributed by atoms with Crippen LogP contribution < -0.4 is 11.5 Å². The third-order valence-corrected chi connectivity index (χ3v) is 5.76. The predicted molar refractivity (Wildman–Crippen MR) is 145 cm³/mol. The number of benzene rings is 4. The smallest absolute Gasteiger partial charge is 0.339 e. The lowest BCUT2D eigenvalue weighted by molar-refractivity contribution is 0.0682. The molecule has 0 aliphatic carbocycles. The molecule has 0 aromatic heterocycles. The van der Waals surface area contributed by atoms with Gasteiger partial charge in [-0.25, -0.2) is 9.59 Å². The first-order chi connectivity index (χ1) is 17.9. The molecule has 0 aliphatic heterocycles. The molecule has 196 valence electrons. The molecule has 0 atom stereocenters. The van der Waals surface area contributed by atoms with Gasteiger partial charge in [-0.05, 0) is 33.7 Å². The van der Waals surface area contributed by atoms with Crippen molar-refractivity contribution < 1.29 is 30.0 Å². The van der Waals surface area contributed by atoms with Gasteiger partial charge in [0.05, 0.1) is 0 Å². The number of phenols is 2. The summed E-state index contributed by atoms with van der Waals surface area (Å²) in [7, 11) is 3.45. The van der Waals surface area contributed by atoms with Gasteiger partial charge >= 0.3 is 11.9 Å². The quantitative estimate of drug-likeness (QED) is 0.156. The molecule has 4 rings (SSSR count). The monoisotopic (exact) mass is 517 g/mol. The number of rotatable bonds is 4. The summed E-state index contributed by atoms with van der Waals surface area (Å²) in [6.45, 7) is 0. The standard InChI is InChI=1S/C23H16O6.C4H11N5/c24-20-16(14-7-3-1-5-12(14)9-18(20)22(26)27)11-17-15-8-4-2-6-13(15)10-19(21(17)25)23(28)29;1-9(2)4(7)8-3(5)6/h1-10,24-25H,11H2,(H,26,27)(H,28,29);1-2H3,(H5,5,6,7,8). The van der Waals surface area contributed by atoms with Crippen LogP contribution in [0.25, 0.3) is 21.5 Å². The maximum atomic E-state index is 11.6. The second-order valence-corrected chi connectivity index (χ2v) is 8.48. The zero-order valence-corrected chi connectivity index (χ0v) is 20.6. The Bertz CT molecular complexity index is 1500. The lowest BCUT2D eigenvalue weighted by atomic mass is 9.90. The normalized spacial score (nSPS) is 11.1. The number of guanidine groups is 2. The average Bonchev–Trinajstić information content (AvgIpc) is 2.86. The van der Waals surface area contributed by atoms with Crippen LogP contribution >= 0.6 is 0 Å². The summed E-state index contributed by atoms with van der Waals surface area (Å²) in [5.74, 6) is -3.39. The molecule has 0 radical (unpaired) electrons.